The second kappa shape index (κ2) is 4.94. The molecule has 1 aliphatic rings. The van der Waals surface area contributed by atoms with Crippen LogP contribution in [-0.2, 0) is 0 Å². The van der Waals surface area contributed by atoms with Crippen LogP contribution in [-0.4, -0.2) is 12.2 Å². The highest BCUT2D eigenvalue weighted by Crippen LogP contribution is 2.40. The minimum absolute atomic E-state index is 0.115. The zero-order valence-electron chi connectivity index (χ0n) is 10.7. The maximum Gasteiger partial charge on any atom is 0.127 e. The summed E-state index contributed by atoms with van der Waals surface area (Å²) in [6.45, 7) is 0. The van der Waals surface area contributed by atoms with Gasteiger partial charge in [0.15, 0.2) is 0 Å². The lowest BCUT2D eigenvalue weighted by molar-refractivity contribution is 0.0657. The zero-order chi connectivity index (χ0) is 13.2. The molecule has 1 heterocycles. The molecule has 3 heteroatoms. The fourth-order valence-corrected chi connectivity index (χ4v) is 2.42. The lowest BCUT2D eigenvalue weighted by Gasteiger charge is -2.29. The van der Waals surface area contributed by atoms with Crippen molar-refractivity contribution in [1.29, 1.82) is 0 Å². The predicted octanol–water partition coefficient (Wildman–Crippen LogP) is 3.25. The van der Waals surface area contributed by atoms with Crippen molar-refractivity contribution in [2.75, 3.05) is 7.11 Å². The fourth-order valence-electron chi connectivity index (χ4n) is 2.42. The van der Waals surface area contributed by atoms with E-state index in [1.807, 2.05) is 48.5 Å². The summed E-state index contributed by atoms with van der Waals surface area (Å²) in [6.07, 6.45) is -0.0172. The van der Waals surface area contributed by atoms with Gasteiger partial charge in [0.25, 0.3) is 0 Å². The predicted molar refractivity (Wildman–Crippen MR) is 72.4 cm³/mol. The molecular weight excluding hydrogens is 240 g/mol. The van der Waals surface area contributed by atoms with Gasteiger partial charge in [0.05, 0.1) is 13.2 Å². The monoisotopic (exact) mass is 256 g/mol. The average Bonchev–Trinajstić information content (AvgIpc) is 2.47. The molecule has 0 aliphatic carbocycles. The van der Waals surface area contributed by atoms with E-state index in [2.05, 4.69) is 0 Å². The van der Waals surface area contributed by atoms with Crippen LogP contribution in [0.15, 0.2) is 48.5 Å². The molecule has 1 aliphatic heterocycles. The Labute approximate surface area is 112 Å². The first-order valence-electron chi connectivity index (χ1n) is 6.35. The first-order chi connectivity index (χ1) is 9.28. The van der Waals surface area contributed by atoms with Gasteiger partial charge in [-0.2, -0.15) is 0 Å². The molecule has 0 fully saturated rings. The first kappa shape index (κ1) is 12.1. The molecule has 0 saturated heterocycles. The van der Waals surface area contributed by atoms with Gasteiger partial charge in [0.1, 0.15) is 17.6 Å². The lowest BCUT2D eigenvalue weighted by Crippen LogP contribution is -2.18. The Morgan fingerprint density at radius 1 is 1.11 bits per heavy atom. The SMILES string of the molecule is COc1ccc(C2C[C@H](O)c3ccccc3O2)cc1. The largest absolute Gasteiger partial charge is 0.497 e. The van der Waals surface area contributed by atoms with Crippen molar-refractivity contribution in [3.63, 3.8) is 0 Å². The highest BCUT2D eigenvalue weighted by molar-refractivity contribution is 5.39. The second-order valence-electron chi connectivity index (χ2n) is 4.67. The number of para-hydroxylation sites is 1. The van der Waals surface area contributed by atoms with E-state index < -0.39 is 6.10 Å². The summed E-state index contributed by atoms with van der Waals surface area (Å²) in [5.74, 6) is 1.59. The summed E-state index contributed by atoms with van der Waals surface area (Å²) < 4.78 is 11.1. The molecule has 2 atom stereocenters. The minimum Gasteiger partial charge on any atom is -0.497 e. The van der Waals surface area contributed by atoms with Crippen LogP contribution >= 0.6 is 0 Å². The molecule has 19 heavy (non-hydrogen) atoms. The van der Waals surface area contributed by atoms with Gasteiger partial charge < -0.3 is 14.6 Å². The van der Waals surface area contributed by atoms with Gasteiger partial charge in [-0.15, -0.1) is 0 Å². The van der Waals surface area contributed by atoms with Crippen molar-refractivity contribution in [2.24, 2.45) is 0 Å². The summed E-state index contributed by atoms with van der Waals surface area (Å²) in [5, 5.41) is 10.2. The molecule has 1 unspecified atom stereocenters. The number of methoxy groups -OCH3 is 1. The van der Waals surface area contributed by atoms with E-state index in [-0.39, 0.29) is 6.10 Å². The Hall–Kier alpha value is -2.00. The maximum atomic E-state index is 10.2. The molecule has 0 amide bonds. The van der Waals surface area contributed by atoms with Gasteiger partial charge >= 0.3 is 0 Å². The Morgan fingerprint density at radius 2 is 1.84 bits per heavy atom. The van der Waals surface area contributed by atoms with Crippen LogP contribution in [0.3, 0.4) is 0 Å². The molecule has 0 radical (unpaired) electrons. The molecule has 2 aromatic rings. The highest BCUT2D eigenvalue weighted by Gasteiger charge is 2.27. The van der Waals surface area contributed by atoms with Crippen LogP contribution in [0.5, 0.6) is 11.5 Å². The number of aliphatic hydroxyl groups is 1. The lowest BCUT2D eigenvalue weighted by atomic mass is 9.95. The summed E-state index contributed by atoms with van der Waals surface area (Å²) in [6, 6.07) is 15.4. The number of ether oxygens (including phenoxy) is 2. The number of hydrogen-bond acceptors (Lipinski definition) is 3. The molecule has 0 saturated carbocycles. The number of hydrogen-bond donors (Lipinski definition) is 1. The average molecular weight is 256 g/mol. The van der Waals surface area contributed by atoms with Gasteiger partial charge in [0, 0.05) is 12.0 Å². The zero-order valence-corrected chi connectivity index (χ0v) is 10.7. The number of benzene rings is 2. The van der Waals surface area contributed by atoms with Crippen molar-refractivity contribution in [3.8, 4) is 11.5 Å². The standard InChI is InChI=1S/C16H16O3/c1-18-12-8-6-11(7-9-12)16-10-14(17)13-4-2-3-5-15(13)19-16/h2-9,14,16-17H,10H2,1H3/t14-,16?/m0/s1. The van der Waals surface area contributed by atoms with E-state index in [0.717, 1.165) is 22.6 Å². The van der Waals surface area contributed by atoms with Crippen molar-refractivity contribution >= 4 is 0 Å². The van der Waals surface area contributed by atoms with Crippen LogP contribution in [0.1, 0.15) is 29.8 Å². The van der Waals surface area contributed by atoms with E-state index in [4.69, 9.17) is 9.47 Å². The molecule has 0 spiro atoms. The smallest absolute Gasteiger partial charge is 0.127 e. The Morgan fingerprint density at radius 3 is 2.58 bits per heavy atom. The molecule has 3 nitrogen and oxygen atoms in total. The minimum atomic E-state index is -0.475. The third-order valence-electron chi connectivity index (χ3n) is 3.47. The van der Waals surface area contributed by atoms with Crippen molar-refractivity contribution < 1.29 is 14.6 Å². The summed E-state index contributed by atoms with van der Waals surface area (Å²) >= 11 is 0. The number of fused-ring (bicyclic) bond motifs is 1. The molecule has 3 rings (SSSR count). The van der Waals surface area contributed by atoms with Crippen LogP contribution in [0, 0.1) is 0 Å². The quantitative estimate of drug-likeness (QED) is 0.896. The van der Waals surface area contributed by atoms with E-state index >= 15 is 0 Å². The summed E-state index contributed by atoms with van der Waals surface area (Å²) in [5.41, 5.74) is 1.92. The molecule has 1 N–H and O–H groups in total. The second-order valence-corrected chi connectivity index (χ2v) is 4.67. The topological polar surface area (TPSA) is 38.7 Å². The van der Waals surface area contributed by atoms with Gasteiger partial charge in [-0.25, -0.2) is 0 Å². The van der Waals surface area contributed by atoms with E-state index in [1.54, 1.807) is 7.11 Å². The summed E-state index contributed by atoms with van der Waals surface area (Å²) in [7, 11) is 1.64. The molecule has 0 aromatic heterocycles. The Bertz CT molecular complexity index is 562. The van der Waals surface area contributed by atoms with Gasteiger partial charge in [-0.3, -0.25) is 0 Å². The molecular formula is C16H16O3. The van der Waals surface area contributed by atoms with Gasteiger partial charge in [-0.05, 0) is 23.8 Å². The molecule has 98 valence electrons. The summed E-state index contributed by atoms with van der Waals surface area (Å²) in [4.78, 5) is 0. The first-order valence-corrected chi connectivity index (χ1v) is 6.35. The van der Waals surface area contributed by atoms with Gasteiger partial charge in [-0.1, -0.05) is 30.3 Å². The fraction of sp³-hybridized carbons (Fsp3) is 0.250. The number of rotatable bonds is 2. The third kappa shape index (κ3) is 2.29. The van der Waals surface area contributed by atoms with Gasteiger partial charge in [0.2, 0.25) is 0 Å². The number of aliphatic hydroxyl groups excluding tert-OH is 1. The normalized spacial score (nSPS) is 21.4. The molecule has 0 bridgehead atoms. The van der Waals surface area contributed by atoms with E-state index in [0.29, 0.717) is 6.42 Å². The third-order valence-corrected chi connectivity index (χ3v) is 3.47. The van der Waals surface area contributed by atoms with Crippen molar-refractivity contribution in [1.82, 2.24) is 0 Å². The molecule has 2 aromatic carbocycles. The maximum absolute atomic E-state index is 10.2. The Balaban J connectivity index is 1.87. The van der Waals surface area contributed by atoms with Crippen LogP contribution < -0.4 is 9.47 Å². The van der Waals surface area contributed by atoms with E-state index in [9.17, 15) is 5.11 Å². The van der Waals surface area contributed by atoms with Crippen molar-refractivity contribution in [3.05, 3.63) is 59.7 Å². The van der Waals surface area contributed by atoms with Crippen molar-refractivity contribution in [2.45, 2.75) is 18.6 Å². The highest BCUT2D eigenvalue weighted by atomic mass is 16.5. The van der Waals surface area contributed by atoms with Crippen LogP contribution in [0.4, 0.5) is 0 Å². The van der Waals surface area contributed by atoms with Crippen LogP contribution in [0.25, 0.3) is 0 Å². The Kier molecular flexibility index (Phi) is 3.13. The van der Waals surface area contributed by atoms with Crippen LogP contribution in [0.2, 0.25) is 0 Å². The van der Waals surface area contributed by atoms with E-state index in [1.165, 1.54) is 0 Å².